The summed E-state index contributed by atoms with van der Waals surface area (Å²) >= 11 is 1.57. The number of carbonyl (C=O) groups is 1. The van der Waals surface area contributed by atoms with Gasteiger partial charge in [-0.05, 0) is 6.07 Å². The fraction of sp³-hybridized carbons (Fsp3) is 0.333. The number of ether oxygens (including phenoxy) is 1. The number of aromatic nitrogens is 1. The molecule has 5 nitrogen and oxygen atoms in total. The maximum atomic E-state index is 11.0. The van der Waals surface area contributed by atoms with E-state index < -0.39 is 5.91 Å². The summed E-state index contributed by atoms with van der Waals surface area (Å²) in [6.45, 7) is 1.45. The second-order valence-corrected chi connectivity index (χ2v) is 4.57. The second-order valence-electron chi connectivity index (χ2n) is 3.25. The molecule has 0 unspecified atom stereocenters. The number of hydrogen-bond donors (Lipinski definition) is 2. The van der Waals surface area contributed by atoms with E-state index in [9.17, 15) is 4.79 Å². The molecular formula is C9H11N3O2S. The first-order valence-corrected chi connectivity index (χ1v) is 5.34. The van der Waals surface area contributed by atoms with Gasteiger partial charge in [0.25, 0.3) is 5.91 Å². The monoisotopic (exact) mass is 225 g/mol. The molecule has 0 radical (unpaired) electrons. The predicted octanol–water partition coefficient (Wildman–Crippen LogP) is 0.254. The van der Waals surface area contributed by atoms with Gasteiger partial charge in [-0.2, -0.15) is 0 Å². The van der Waals surface area contributed by atoms with Crippen molar-refractivity contribution in [3.8, 4) is 0 Å². The van der Waals surface area contributed by atoms with E-state index in [0.717, 1.165) is 18.2 Å². The van der Waals surface area contributed by atoms with E-state index in [0.29, 0.717) is 16.5 Å². The quantitative estimate of drug-likeness (QED) is 0.769. The van der Waals surface area contributed by atoms with Crippen LogP contribution in [0.1, 0.15) is 10.4 Å². The summed E-state index contributed by atoms with van der Waals surface area (Å²) < 4.78 is 5.04. The summed E-state index contributed by atoms with van der Waals surface area (Å²) in [5.41, 5.74) is 11.4. The highest BCUT2D eigenvalue weighted by Crippen LogP contribution is 2.27. The van der Waals surface area contributed by atoms with Crippen LogP contribution in [0.3, 0.4) is 0 Å². The van der Waals surface area contributed by atoms with Crippen LogP contribution in [0.15, 0.2) is 17.3 Å². The van der Waals surface area contributed by atoms with Crippen molar-refractivity contribution in [2.24, 2.45) is 5.73 Å². The zero-order valence-electron chi connectivity index (χ0n) is 7.97. The van der Waals surface area contributed by atoms with Gasteiger partial charge in [0.15, 0.2) is 0 Å². The van der Waals surface area contributed by atoms with Crippen molar-refractivity contribution in [1.29, 1.82) is 0 Å². The van der Waals surface area contributed by atoms with Gasteiger partial charge < -0.3 is 16.2 Å². The van der Waals surface area contributed by atoms with Crippen molar-refractivity contribution < 1.29 is 9.53 Å². The zero-order chi connectivity index (χ0) is 10.8. The van der Waals surface area contributed by atoms with Crippen molar-refractivity contribution in [1.82, 2.24) is 4.98 Å². The first kappa shape index (κ1) is 10.3. The van der Waals surface area contributed by atoms with E-state index in [1.165, 1.54) is 6.20 Å². The summed E-state index contributed by atoms with van der Waals surface area (Å²) in [6.07, 6.45) is 1.46. The molecule has 1 aliphatic heterocycles. The fourth-order valence-corrected chi connectivity index (χ4v) is 2.15. The maximum Gasteiger partial charge on any atom is 0.250 e. The van der Waals surface area contributed by atoms with Crippen LogP contribution in [0.4, 0.5) is 5.69 Å². The summed E-state index contributed by atoms with van der Waals surface area (Å²) in [6, 6.07) is 1.63. The minimum Gasteiger partial charge on any atom is -0.397 e. The smallest absolute Gasteiger partial charge is 0.250 e. The zero-order valence-corrected chi connectivity index (χ0v) is 8.79. The van der Waals surface area contributed by atoms with Crippen LogP contribution in [0.2, 0.25) is 0 Å². The number of hydrogen-bond acceptors (Lipinski definition) is 5. The van der Waals surface area contributed by atoms with Crippen LogP contribution in [0, 0.1) is 0 Å². The molecule has 1 aliphatic rings. The van der Waals surface area contributed by atoms with Crippen molar-refractivity contribution in [2.45, 2.75) is 10.3 Å². The van der Waals surface area contributed by atoms with Crippen LogP contribution in [0.5, 0.6) is 0 Å². The average molecular weight is 225 g/mol. The third-order valence-electron chi connectivity index (χ3n) is 2.07. The Kier molecular flexibility index (Phi) is 2.79. The molecule has 2 heterocycles. The summed E-state index contributed by atoms with van der Waals surface area (Å²) in [5, 5.41) is 1.17. The number of anilines is 1. The van der Waals surface area contributed by atoms with E-state index in [-0.39, 0.29) is 0 Å². The van der Waals surface area contributed by atoms with Gasteiger partial charge in [-0.15, -0.1) is 0 Å². The van der Waals surface area contributed by atoms with Gasteiger partial charge in [0, 0.05) is 0 Å². The van der Waals surface area contributed by atoms with Gasteiger partial charge in [-0.3, -0.25) is 4.79 Å². The van der Waals surface area contributed by atoms with E-state index in [1.54, 1.807) is 17.8 Å². The second kappa shape index (κ2) is 4.08. The molecule has 6 heteroatoms. The molecule has 0 aromatic carbocycles. The summed E-state index contributed by atoms with van der Waals surface area (Å²) in [7, 11) is 0. The number of thioether (sulfide) groups is 1. The number of rotatable bonds is 3. The molecule has 15 heavy (non-hydrogen) atoms. The standard InChI is InChI=1S/C9H11N3O2S/c10-7-2-12-8(1-6(7)9(11)13)15-5-3-14-4-5/h1-2,5H,3-4,10H2,(H2,11,13). The van der Waals surface area contributed by atoms with E-state index >= 15 is 0 Å². The molecular weight excluding hydrogens is 214 g/mol. The third kappa shape index (κ3) is 2.21. The molecule has 0 atom stereocenters. The topological polar surface area (TPSA) is 91.2 Å². The van der Waals surface area contributed by atoms with Crippen LogP contribution >= 0.6 is 11.8 Å². The Morgan fingerprint density at radius 1 is 1.60 bits per heavy atom. The minimum atomic E-state index is -0.526. The Morgan fingerprint density at radius 3 is 2.87 bits per heavy atom. The van der Waals surface area contributed by atoms with Crippen LogP contribution in [-0.4, -0.2) is 29.4 Å². The lowest BCUT2D eigenvalue weighted by Crippen LogP contribution is -2.30. The lowest BCUT2D eigenvalue weighted by Gasteiger charge is -2.24. The van der Waals surface area contributed by atoms with Gasteiger partial charge in [0.2, 0.25) is 0 Å². The molecule has 0 saturated carbocycles. The van der Waals surface area contributed by atoms with Crippen molar-refractivity contribution in [3.63, 3.8) is 0 Å². The number of nitrogens with zero attached hydrogens (tertiary/aromatic N) is 1. The van der Waals surface area contributed by atoms with Gasteiger partial charge in [0.05, 0.1) is 40.9 Å². The largest absolute Gasteiger partial charge is 0.397 e. The maximum absolute atomic E-state index is 11.0. The van der Waals surface area contributed by atoms with Gasteiger partial charge >= 0.3 is 0 Å². The molecule has 0 aliphatic carbocycles. The van der Waals surface area contributed by atoms with E-state index in [1.807, 2.05) is 0 Å². The van der Waals surface area contributed by atoms with Crippen molar-refractivity contribution in [3.05, 3.63) is 17.8 Å². The molecule has 1 amide bonds. The number of amides is 1. The number of primary amides is 1. The predicted molar refractivity (Wildman–Crippen MR) is 57.6 cm³/mol. The first-order valence-electron chi connectivity index (χ1n) is 4.46. The lowest BCUT2D eigenvalue weighted by molar-refractivity contribution is 0.0454. The van der Waals surface area contributed by atoms with Crippen LogP contribution in [0.25, 0.3) is 0 Å². The average Bonchev–Trinajstić information content (AvgIpc) is 2.13. The molecule has 2 rings (SSSR count). The Hall–Kier alpha value is -1.27. The van der Waals surface area contributed by atoms with Crippen LogP contribution in [-0.2, 0) is 4.74 Å². The minimum absolute atomic E-state index is 0.316. The number of nitrogen functional groups attached to an aromatic ring is 1. The Bertz CT molecular complexity index is 393. The SMILES string of the molecule is NC(=O)c1cc(SC2COC2)ncc1N. The number of pyridine rings is 1. The summed E-state index contributed by atoms with van der Waals surface area (Å²) in [5.74, 6) is -0.526. The van der Waals surface area contributed by atoms with E-state index in [4.69, 9.17) is 16.2 Å². The van der Waals surface area contributed by atoms with Crippen LogP contribution < -0.4 is 11.5 Å². The number of carbonyl (C=O) groups excluding carboxylic acids is 1. The third-order valence-corrected chi connectivity index (χ3v) is 3.14. The highest BCUT2D eigenvalue weighted by Gasteiger charge is 2.20. The number of nitrogens with two attached hydrogens (primary N) is 2. The molecule has 4 N–H and O–H groups in total. The Morgan fingerprint density at radius 2 is 2.33 bits per heavy atom. The van der Waals surface area contributed by atoms with Gasteiger partial charge in [0.1, 0.15) is 0 Å². The normalized spacial score (nSPS) is 16.0. The van der Waals surface area contributed by atoms with E-state index in [2.05, 4.69) is 4.98 Å². The van der Waals surface area contributed by atoms with Gasteiger partial charge in [-0.1, -0.05) is 11.8 Å². The van der Waals surface area contributed by atoms with Crippen molar-refractivity contribution >= 4 is 23.4 Å². The molecule has 1 fully saturated rings. The fourth-order valence-electron chi connectivity index (χ4n) is 1.18. The molecule has 0 spiro atoms. The molecule has 1 aromatic heterocycles. The molecule has 1 saturated heterocycles. The van der Waals surface area contributed by atoms with Gasteiger partial charge in [-0.25, -0.2) is 4.98 Å². The lowest BCUT2D eigenvalue weighted by atomic mass is 10.2. The highest BCUT2D eigenvalue weighted by atomic mass is 32.2. The highest BCUT2D eigenvalue weighted by molar-refractivity contribution is 8.00. The molecule has 80 valence electrons. The molecule has 0 bridgehead atoms. The summed E-state index contributed by atoms with van der Waals surface area (Å²) in [4.78, 5) is 15.1. The first-order chi connectivity index (χ1) is 7.16. The molecule has 1 aromatic rings. The Labute approximate surface area is 91.2 Å². The van der Waals surface area contributed by atoms with Crippen molar-refractivity contribution in [2.75, 3.05) is 18.9 Å². The Balaban J connectivity index is 2.17.